The number of aromatic nitrogens is 3. The molecule has 3 heterocycles. The Kier molecular flexibility index (Phi) is 11.0. The molecule has 264 valence electrons. The number of hydrogen-bond donors (Lipinski definition) is 0. The highest BCUT2D eigenvalue weighted by molar-refractivity contribution is 5.81. The van der Waals surface area contributed by atoms with E-state index in [0.717, 1.165) is 52.4 Å². The molecule has 2 aromatic heterocycles. The predicted octanol–water partition coefficient (Wildman–Crippen LogP) is 8.06. The molecule has 4 aromatic rings. The van der Waals surface area contributed by atoms with Gasteiger partial charge in [0.1, 0.15) is 11.6 Å². The molecule has 5 rings (SSSR count). The largest absolute Gasteiger partial charge is 0.477 e. The number of piperidine rings is 1. The van der Waals surface area contributed by atoms with E-state index in [-0.39, 0.29) is 18.3 Å². The second-order valence-corrected chi connectivity index (χ2v) is 14.1. The van der Waals surface area contributed by atoms with Gasteiger partial charge in [-0.1, -0.05) is 42.3 Å². The number of rotatable bonds is 12. The van der Waals surface area contributed by atoms with Crippen LogP contribution >= 0.6 is 0 Å². The molecule has 1 fully saturated rings. The number of aryl methyl sites for hydroxylation is 2. The molecule has 0 unspecified atom stereocenters. The molecule has 50 heavy (non-hydrogen) atoms. The van der Waals surface area contributed by atoms with Crippen LogP contribution in [0.2, 0.25) is 0 Å². The van der Waals surface area contributed by atoms with Gasteiger partial charge < -0.3 is 23.8 Å². The Morgan fingerprint density at radius 3 is 2.50 bits per heavy atom. The molecule has 9 nitrogen and oxygen atoms in total. The fourth-order valence-corrected chi connectivity index (χ4v) is 6.30. The van der Waals surface area contributed by atoms with Crippen LogP contribution in [0.4, 0.5) is 5.82 Å². The highest BCUT2D eigenvalue weighted by Gasteiger charge is 2.38. The number of benzene rings is 2. The zero-order valence-corrected chi connectivity index (χ0v) is 30.7. The molecule has 9 heteroatoms. The molecule has 0 amide bonds. The number of hydrogen-bond acceptors (Lipinski definition) is 8. The number of ether oxygens (including phenoxy) is 4. The third-order valence-corrected chi connectivity index (χ3v) is 8.85. The van der Waals surface area contributed by atoms with Crippen molar-refractivity contribution in [2.45, 2.75) is 91.6 Å². The third-order valence-electron chi connectivity index (χ3n) is 8.85. The Balaban J connectivity index is 1.65. The van der Waals surface area contributed by atoms with Crippen molar-refractivity contribution in [3.05, 3.63) is 78.0 Å². The zero-order chi connectivity index (χ0) is 36.2. The van der Waals surface area contributed by atoms with E-state index in [0.29, 0.717) is 36.6 Å². The maximum absolute atomic E-state index is 13.6. The van der Waals surface area contributed by atoms with Crippen LogP contribution in [0.5, 0.6) is 5.75 Å². The summed E-state index contributed by atoms with van der Waals surface area (Å²) < 4.78 is 26.2. The van der Waals surface area contributed by atoms with E-state index in [2.05, 4.69) is 48.6 Å². The van der Waals surface area contributed by atoms with Crippen molar-refractivity contribution in [1.82, 2.24) is 14.6 Å². The molecule has 0 bridgehead atoms. The molecule has 2 atom stereocenters. The second-order valence-electron chi connectivity index (χ2n) is 14.1. The van der Waals surface area contributed by atoms with Gasteiger partial charge in [0.15, 0.2) is 17.9 Å². The quantitative estimate of drug-likeness (QED) is 0.0845. The van der Waals surface area contributed by atoms with Crippen molar-refractivity contribution in [3.8, 4) is 40.5 Å². The van der Waals surface area contributed by atoms with Crippen molar-refractivity contribution in [2.75, 3.05) is 31.2 Å². The average Bonchev–Trinajstić information content (AvgIpc) is 3.50. The summed E-state index contributed by atoms with van der Waals surface area (Å²) in [7, 11) is 0. The van der Waals surface area contributed by atoms with Gasteiger partial charge in [0.05, 0.1) is 35.7 Å². The molecule has 1 aliphatic rings. The molecule has 0 aliphatic carbocycles. The number of nitrogens with zero attached hydrogens (tertiary/aromatic N) is 4. The van der Waals surface area contributed by atoms with E-state index < -0.39 is 17.7 Å². The summed E-state index contributed by atoms with van der Waals surface area (Å²) in [6.45, 7) is 21.4. The average molecular weight is 679 g/mol. The first-order chi connectivity index (χ1) is 23.8. The van der Waals surface area contributed by atoms with E-state index in [1.54, 1.807) is 13.0 Å². The number of anilines is 1. The minimum absolute atomic E-state index is 0.229. The topological polar surface area (TPSA) is 87.4 Å². The Labute approximate surface area is 296 Å². The van der Waals surface area contributed by atoms with Gasteiger partial charge >= 0.3 is 5.97 Å². The van der Waals surface area contributed by atoms with Crippen molar-refractivity contribution in [1.29, 1.82) is 0 Å². The van der Waals surface area contributed by atoms with E-state index >= 15 is 0 Å². The van der Waals surface area contributed by atoms with Crippen LogP contribution < -0.4 is 9.64 Å². The first-order valence-electron chi connectivity index (χ1n) is 17.3. The number of terminal acetylenes is 1. The van der Waals surface area contributed by atoms with Crippen molar-refractivity contribution in [2.24, 2.45) is 0 Å². The van der Waals surface area contributed by atoms with Crippen LogP contribution in [-0.4, -0.2) is 64.2 Å². The number of carbonyl (C=O) groups is 1. The van der Waals surface area contributed by atoms with Gasteiger partial charge in [-0.25, -0.2) is 9.78 Å². The van der Waals surface area contributed by atoms with E-state index in [4.69, 9.17) is 35.5 Å². The van der Waals surface area contributed by atoms with Crippen molar-refractivity contribution >= 4 is 17.4 Å². The van der Waals surface area contributed by atoms with Gasteiger partial charge in [0, 0.05) is 36.0 Å². The fourth-order valence-electron chi connectivity index (χ4n) is 6.30. The van der Waals surface area contributed by atoms with E-state index in [1.807, 2.05) is 70.3 Å². The Hall–Kier alpha value is -4.65. The second kappa shape index (κ2) is 15.1. The molecule has 0 spiro atoms. The SMILES string of the molecule is C#C[C@H](C)Oc1cc(C)ccc1-c1cccc(-c2cc3nc(C)c([C@H](OC(C)(C)C)C(=O)OCC)c(N4CCC(C)(OCC=C)CC4)n3n2)c1. The molecule has 0 radical (unpaired) electrons. The minimum Gasteiger partial charge on any atom is -0.477 e. The zero-order valence-electron chi connectivity index (χ0n) is 30.7. The van der Waals surface area contributed by atoms with Crippen LogP contribution in [0.1, 0.15) is 77.3 Å². The predicted molar refractivity (Wildman–Crippen MR) is 198 cm³/mol. The van der Waals surface area contributed by atoms with Crippen LogP contribution in [0.25, 0.3) is 28.0 Å². The maximum Gasteiger partial charge on any atom is 0.340 e. The smallest absolute Gasteiger partial charge is 0.340 e. The highest BCUT2D eigenvalue weighted by atomic mass is 16.6. The summed E-state index contributed by atoms with van der Waals surface area (Å²) in [4.78, 5) is 20.9. The summed E-state index contributed by atoms with van der Waals surface area (Å²) >= 11 is 0. The van der Waals surface area contributed by atoms with Crippen molar-refractivity contribution < 1.29 is 23.7 Å². The number of carbonyl (C=O) groups excluding carboxylic acids is 1. The number of fused-ring (bicyclic) bond motifs is 1. The summed E-state index contributed by atoms with van der Waals surface area (Å²) in [6.07, 6.45) is 7.61. The van der Waals surface area contributed by atoms with Gasteiger partial charge in [-0.05, 0) is 91.5 Å². The highest BCUT2D eigenvalue weighted by Crippen LogP contribution is 2.39. The van der Waals surface area contributed by atoms with Crippen LogP contribution in [0.3, 0.4) is 0 Å². The lowest BCUT2D eigenvalue weighted by molar-refractivity contribution is -0.166. The van der Waals surface area contributed by atoms with Gasteiger partial charge in [-0.2, -0.15) is 9.61 Å². The van der Waals surface area contributed by atoms with E-state index in [9.17, 15) is 4.79 Å². The minimum atomic E-state index is -1.01. The number of esters is 1. The van der Waals surface area contributed by atoms with Crippen LogP contribution in [0.15, 0.2) is 61.2 Å². The van der Waals surface area contributed by atoms with Crippen molar-refractivity contribution in [3.63, 3.8) is 0 Å². The lowest BCUT2D eigenvalue weighted by Crippen LogP contribution is -2.45. The Morgan fingerprint density at radius 2 is 1.84 bits per heavy atom. The molecule has 0 saturated carbocycles. The normalized spacial score (nSPS) is 15.7. The summed E-state index contributed by atoms with van der Waals surface area (Å²) in [5.41, 5.74) is 5.70. The fraction of sp³-hybridized carbons (Fsp3) is 0.439. The Bertz CT molecular complexity index is 1890. The lowest BCUT2D eigenvalue weighted by atomic mass is 9.92. The first-order valence-corrected chi connectivity index (χ1v) is 17.3. The van der Waals surface area contributed by atoms with Gasteiger partial charge in [0.2, 0.25) is 0 Å². The van der Waals surface area contributed by atoms with E-state index in [1.165, 1.54) is 0 Å². The molecule has 1 aliphatic heterocycles. The van der Waals surface area contributed by atoms with Gasteiger partial charge in [0.25, 0.3) is 0 Å². The van der Waals surface area contributed by atoms with Crippen LogP contribution in [0, 0.1) is 26.2 Å². The molecule has 1 saturated heterocycles. The molecule has 0 N–H and O–H groups in total. The first kappa shape index (κ1) is 36.6. The summed E-state index contributed by atoms with van der Waals surface area (Å²) in [5, 5.41) is 5.17. The molecular formula is C41H50N4O5. The summed E-state index contributed by atoms with van der Waals surface area (Å²) in [5.74, 6) is 3.69. The van der Waals surface area contributed by atoms with Crippen LogP contribution in [-0.2, 0) is 19.0 Å². The van der Waals surface area contributed by atoms with Gasteiger partial charge in [-0.15, -0.1) is 13.0 Å². The standard InChI is InChI=1S/C41H50N4O5/c1-11-23-48-41(10)19-21-44(22-20-41)38-36(37(39(46)47-13-3)50-40(7,8)9)29(6)42-35-26-33(43-45(35)38)31-16-14-15-30(25-31)32-18-17-27(4)24-34(32)49-28(5)12-2/h2,11,14-18,24-26,28,37H,1,13,19-23H2,3-10H3/t28-,37-/m0/s1. The van der Waals surface area contributed by atoms with Gasteiger partial charge in [-0.3, -0.25) is 0 Å². The molecule has 2 aromatic carbocycles. The maximum atomic E-state index is 13.6. The lowest BCUT2D eigenvalue weighted by Gasteiger charge is -2.41. The molecular weight excluding hydrogens is 628 g/mol. The summed E-state index contributed by atoms with van der Waals surface area (Å²) in [6, 6.07) is 16.3. The third kappa shape index (κ3) is 8.20. The Morgan fingerprint density at radius 1 is 1.12 bits per heavy atom. The monoisotopic (exact) mass is 678 g/mol.